The maximum atomic E-state index is 12.8. The van der Waals surface area contributed by atoms with Crippen LogP contribution in [0.3, 0.4) is 0 Å². The molecule has 3 N–H and O–H groups in total. The minimum absolute atomic E-state index is 0.114. The van der Waals surface area contributed by atoms with Gasteiger partial charge in [0.2, 0.25) is 5.91 Å². The minimum atomic E-state index is -0.629. The van der Waals surface area contributed by atoms with E-state index in [2.05, 4.69) is 90.7 Å². The maximum absolute atomic E-state index is 12.8. The molecular weight excluding hydrogens is 646 g/mol. The summed E-state index contributed by atoms with van der Waals surface area (Å²) in [6.07, 6.45) is 6.14. The number of amides is 3. The number of likely N-dealkylation sites (tertiary alicyclic amines) is 2. The van der Waals surface area contributed by atoms with Crippen molar-refractivity contribution in [2.24, 2.45) is 0 Å². The summed E-state index contributed by atoms with van der Waals surface area (Å²) in [5.74, 6) is 1.35. The molecule has 12 heteroatoms. The van der Waals surface area contributed by atoms with Crippen molar-refractivity contribution in [3.05, 3.63) is 84.7 Å². The molecule has 0 bridgehead atoms. The predicted octanol–water partition coefficient (Wildman–Crippen LogP) is 7.38. The van der Waals surface area contributed by atoms with Crippen molar-refractivity contribution >= 4 is 28.9 Å². The van der Waals surface area contributed by atoms with E-state index in [1.54, 1.807) is 9.80 Å². The fourth-order valence-corrected chi connectivity index (χ4v) is 7.00. The monoisotopic (exact) mass is 689 g/mol. The molecule has 7 rings (SSSR count). The molecule has 5 aromatic rings. The van der Waals surface area contributed by atoms with E-state index in [9.17, 15) is 14.4 Å². The number of methoxy groups -OCH3 is 1. The highest BCUT2D eigenvalue weighted by atomic mass is 16.6. The lowest BCUT2D eigenvalue weighted by molar-refractivity contribution is -0.131. The maximum Gasteiger partial charge on any atom is 0.410 e. The third kappa shape index (κ3) is 7.30. The van der Waals surface area contributed by atoms with Gasteiger partial charge in [-0.15, -0.1) is 0 Å². The zero-order valence-corrected chi connectivity index (χ0v) is 29.4. The quantitative estimate of drug-likeness (QED) is 0.162. The molecule has 2 aliphatic rings. The number of aromatic nitrogens is 4. The van der Waals surface area contributed by atoms with E-state index in [0.717, 1.165) is 81.7 Å². The Hall–Kier alpha value is -5.65. The van der Waals surface area contributed by atoms with Crippen LogP contribution in [0.2, 0.25) is 0 Å². The lowest BCUT2D eigenvalue weighted by atomic mass is 9.98. The first-order valence-corrected chi connectivity index (χ1v) is 17.4. The summed E-state index contributed by atoms with van der Waals surface area (Å²) in [6, 6.07) is 20.9. The summed E-state index contributed by atoms with van der Waals surface area (Å²) in [7, 11) is 1.27. The number of alkyl carbamates (subject to hydrolysis) is 1. The Morgan fingerprint density at radius 1 is 0.765 bits per heavy atom. The number of hydrogen-bond donors (Lipinski definition) is 3. The summed E-state index contributed by atoms with van der Waals surface area (Å²) >= 11 is 0. The first kappa shape index (κ1) is 33.8. The Kier molecular flexibility index (Phi) is 9.24. The van der Waals surface area contributed by atoms with Crippen LogP contribution in [0.1, 0.15) is 70.2 Å². The van der Waals surface area contributed by atoms with Crippen molar-refractivity contribution in [3.63, 3.8) is 0 Å². The van der Waals surface area contributed by atoms with Gasteiger partial charge in [-0.05, 0) is 86.1 Å². The first-order chi connectivity index (χ1) is 24.6. The number of H-pyrrole nitrogens is 2. The molecule has 3 amide bonds. The fourth-order valence-electron chi connectivity index (χ4n) is 7.00. The summed E-state index contributed by atoms with van der Waals surface area (Å²) in [5, 5.41) is 4.70. The lowest BCUT2D eigenvalue weighted by Gasteiger charge is -2.27. The Balaban J connectivity index is 1.02. The average Bonchev–Trinajstić information content (AvgIpc) is 3.95. The number of carbonyl (C=O) groups is 3. The average molecular weight is 690 g/mol. The zero-order chi connectivity index (χ0) is 35.7. The van der Waals surface area contributed by atoms with Crippen molar-refractivity contribution in [3.8, 4) is 33.6 Å². The highest BCUT2D eigenvalue weighted by Gasteiger charge is 2.35. The second-order valence-corrected chi connectivity index (χ2v) is 14.1. The van der Waals surface area contributed by atoms with Gasteiger partial charge in [-0.3, -0.25) is 9.69 Å². The van der Waals surface area contributed by atoms with E-state index >= 15 is 0 Å². The Morgan fingerprint density at radius 3 is 1.92 bits per heavy atom. The molecule has 2 aliphatic heterocycles. The number of fused-ring (bicyclic) bond motifs is 1. The number of nitrogens with zero attached hydrogens (tertiary/aromatic N) is 4. The largest absolute Gasteiger partial charge is 0.453 e. The zero-order valence-electron chi connectivity index (χ0n) is 29.4. The van der Waals surface area contributed by atoms with Crippen LogP contribution in [0.4, 0.5) is 9.59 Å². The van der Waals surface area contributed by atoms with E-state index < -0.39 is 11.7 Å². The van der Waals surface area contributed by atoms with E-state index in [0.29, 0.717) is 13.1 Å². The number of nitrogens with one attached hydrogen (secondary N) is 3. The van der Waals surface area contributed by atoms with E-state index in [1.165, 1.54) is 7.11 Å². The van der Waals surface area contributed by atoms with Crippen LogP contribution >= 0.6 is 0 Å². The molecule has 51 heavy (non-hydrogen) atoms. The third-order valence-electron chi connectivity index (χ3n) is 9.53. The van der Waals surface area contributed by atoms with E-state index in [4.69, 9.17) is 4.74 Å². The normalized spacial score (nSPS) is 17.6. The molecule has 3 aromatic carbocycles. The van der Waals surface area contributed by atoms with Gasteiger partial charge in [-0.1, -0.05) is 48.5 Å². The molecule has 0 radical (unpaired) electrons. The number of carbonyl (C=O) groups excluding carboxylic acids is 3. The highest BCUT2D eigenvalue weighted by Crippen LogP contribution is 2.35. The van der Waals surface area contributed by atoms with Crippen LogP contribution in [0.25, 0.3) is 44.4 Å². The van der Waals surface area contributed by atoms with Gasteiger partial charge < -0.3 is 29.7 Å². The number of benzene rings is 3. The summed E-state index contributed by atoms with van der Waals surface area (Å²) in [6.45, 7) is 6.80. The van der Waals surface area contributed by atoms with Gasteiger partial charge in [0.1, 0.15) is 23.8 Å². The van der Waals surface area contributed by atoms with Crippen LogP contribution < -0.4 is 5.32 Å². The van der Waals surface area contributed by atoms with Gasteiger partial charge in [0.05, 0.1) is 43.0 Å². The van der Waals surface area contributed by atoms with Gasteiger partial charge in [0, 0.05) is 18.7 Å². The molecule has 0 saturated carbocycles. The molecule has 2 fully saturated rings. The van der Waals surface area contributed by atoms with Crippen LogP contribution in [0.5, 0.6) is 0 Å². The van der Waals surface area contributed by atoms with Crippen molar-refractivity contribution < 1.29 is 23.9 Å². The van der Waals surface area contributed by atoms with Gasteiger partial charge in [-0.25, -0.2) is 19.6 Å². The summed E-state index contributed by atoms with van der Waals surface area (Å²) in [5.41, 5.74) is 5.49. The Labute approximate surface area is 296 Å². The lowest BCUT2D eigenvalue weighted by Crippen LogP contribution is -2.40. The fraction of sp³-hybridized carbons (Fsp3) is 0.359. The molecular formula is C39H43N7O5. The number of ether oxygens (including phenoxy) is 2. The van der Waals surface area contributed by atoms with E-state index in [1.807, 2.05) is 33.2 Å². The molecule has 264 valence electrons. The number of imidazole rings is 2. The Bertz CT molecular complexity index is 2060. The van der Waals surface area contributed by atoms with Gasteiger partial charge >= 0.3 is 12.2 Å². The molecule has 0 spiro atoms. The third-order valence-corrected chi connectivity index (χ3v) is 9.53. The van der Waals surface area contributed by atoms with Gasteiger partial charge in [-0.2, -0.15) is 0 Å². The van der Waals surface area contributed by atoms with Crippen LogP contribution in [-0.4, -0.2) is 80.2 Å². The second-order valence-electron chi connectivity index (χ2n) is 14.1. The van der Waals surface area contributed by atoms with Crippen molar-refractivity contribution in [1.29, 1.82) is 0 Å². The first-order valence-electron chi connectivity index (χ1n) is 17.4. The topological polar surface area (TPSA) is 146 Å². The predicted molar refractivity (Wildman–Crippen MR) is 194 cm³/mol. The van der Waals surface area contributed by atoms with Crippen LogP contribution in [0.15, 0.2) is 73.1 Å². The standard InChI is InChI=1S/C39H43N7O5/c1-39(2,3)51-38(49)46-18-6-8-33(46)36-40-21-30(43-36)25-11-9-24(10-12-25)26-13-14-28-20-29(16-15-27(28)19-26)31-22-41-35(44-31)32-7-5-17-45(32)34(47)23-42-37(48)50-4/h9-16,19-22,32-33H,5-8,17-18,23H2,1-4H3,(H,40,43)(H,41,44)(H,42,48)/t32-,33?/m0/s1. The highest BCUT2D eigenvalue weighted by molar-refractivity contribution is 5.90. The van der Waals surface area contributed by atoms with Gasteiger partial charge in [0.15, 0.2) is 0 Å². The van der Waals surface area contributed by atoms with Gasteiger partial charge in [0.25, 0.3) is 0 Å². The number of aromatic amines is 2. The molecule has 2 saturated heterocycles. The number of hydrogen-bond acceptors (Lipinski definition) is 7. The molecule has 4 heterocycles. The SMILES string of the molecule is COC(=O)NCC(=O)N1CCC[C@H]1c1ncc(-c2ccc3cc(-c4ccc(-c5cnc(C6CCCN6C(=O)OC(C)(C)C)[nH]5)cc4)ccc3c2)[nH]1. The summed E-state index contributed by atoms with van der Waals surface area (Å²) in [4.78, 5) is 56.7. The molecule has 12 nitrogen and oxygen atoms in total. The van der Waals surface area contributed by atoms with Crippen molar-refractivity contribution in [2.45, 2.75) is 64.1 Å². The smallest absolute Gasteiger partial charge is 0.410 e. The van der Waals surface area contributed by atoms with Crippen LogP contribution in [-0.2, 0) is 14.3 Å². The summed E-state index contributed by atoms with van der Waals surface area (Å²) < 4.78 is 10.2. The van der Waals surface area contributed by atoms with E-state index in [-0.39, 0.29) is 30.6 Å². The molecule has 2 aromatic heterocycles. The molecule has 2 atom stereocenters. The second kappa shape index (κ2) is 13.9. The molecule has 0 aliphatic carbocycles. The molecule has 1 unspecified atom stereocenters. The van der Waals surface area contributed by atoms with Crippen molar-refractivity contribution in [2.75, 3.05) is 26.7 Å². The minimum Gasteiger partial charge on any atom is -0.453 e. The van der Waals surface area contributed by atoms with Crippen LogP contribution in [0, 0.1) is 0 Å². The van der Waals surface area contributed by atoms with Crippen molar-refractivity contribution in [1.82, 2.24) is 35.1 Å². The Morgan fingerprint density at radius 2 is 1.29 bits per heavy atom. The number of rotatable bonds is 7.